The van der Waals surface area contributed by atoms with Crippen LogP contribution in [0.4, 0.5) is 5.69 Å². The van der Waals surface area contributed by atoms with Crippen molar-refractivity contribution in [3.05, 3.63) is 51.6 Å². The van der Waals surface area contributed by atoms with E-state index in [9.17, 15) is 4.79 Å². The van der Waals surface area contributed by atoms with Crippen molar-refractivity contribution in [3.8, 4) is 11.5 Å². The zero-order valence-corrected chi connectivity index (χ0v) is 13.2. The summed E-state index contributed by atoms with van der Waals surface area (Å²) in [5.74, 6) is 1.03. The van der Waals surface area contributed by atoms with Crippen LogP contribution in [0.15, 0.2) is 42.5 Å². The van der Waals surface area contributed by atoms with Gasteiger partial charge in [0.25, 0.3) is 5.91 Å². The number of anilines is 1. The summed E-state index contributed by atoms with van der Waals surface area (Å²) < 4.78 is 6.85. The second kappa shape index (κ2) is 6.60. The Kier molecular flexibility index (Phi) is 4.84. The molecule has 3 N–H and O–H groups in total. The van der Waals surface area contributed by atoms with Crippen LogP contribution in [0.3, 0.4) is 0 Å². The fraction of sp³-hybridized carbons (Fsp3) is 0.133. The molecule has 4 nitrogen and oxygen atoms in total. The molecule has 0 spiro atoms. The number of hydrogen-bond acceptors (Lipinski definition) is 3. The summed E-state index contributed by atoms with van der Waals surface area (Å²) in [6.45, 7) is 2.45. The van der Waals surface area contributed by atoms with Crippen LogP contribution in [0.5, 0.6) is 11.5 Å². The van der Waals surface area contributed by atoms with Gasteiger partial charge in [-0.05, 0) is 72.0 Å². The van der Waals surface area contributed by atoms with Gasteiger partial charge in [0.2, 0.25) is 0 Å². The van der Waals surface area contributed by atoms with E-state index in [1.165, 1.54) is 0 Å². The van der Waals surface area contributed by atoms with Crippen molar-refractivity contribution in [3.63, 3.8) is 0 Å². The molecule has 0 heterocycles. The summed E-state index contributed by atoms with van der Waals surface area (Å²) in [6, 6.07) is 12.6. The largest absolute Gasteiger partial charge is 0.455 e. The molecule has 0 saturated carbocycles. The van der Waals surface area contributed by atoms with E-state index in [1.54, 1.807) is 18.2 Å². The number of carbonyl (C=O) groups excluding carboxylic acids is 1. The van der Waals surface area contributed by atoms with Gasteiger partial charge in [-0.1, -0.05) is 0 Å². The van der Waals surface area contributed by atoms with Crippen LogP contribution in [-0.4, -0.2) is 12.5 Å². The average molecular weight is 382 g/mol. The lowest BCUT2D eigenvalue weighted by atomic mass is 10.1. The number of amides is 1. The minimum Gasteiger partial charge on any atom is -0.455 e. The Morgan fingerprint density at radius 3 is 2.60 bits per heavy atom. The number of halogens is 1. The lowest BCUT2D eigenvalue weighted by Gasteiger charge is -2.10. The van der Waals surface area contributed by atoms with Gasteiger partial charge in [-0.2, -0.15) is 0 Å². The summed E-state index contributed by atoms with van der Waals surface area (Å²) >= 11 is 2.22. The van der Waals surface area contributed by atoms with Crippen molar-refractivity contribution >= 4 is 34.2 Å². The maximum absolute atomic E-state index is 11.8. The van der Waals surface area contributed by atoms with E-state index in [0.29, 0.717) is 29.3 Å². The topological polar surface area (TPSA) is 64.4 Å². The van der Waals surface area contributed by atoms with Gasteiger partial charge in [0, 0.05) is 15.7 Å². The van der Waals surface area contributed by atoms with Crippen LogP contribution in [0.25, 0.3) is 0 Å². The number of carbonyl (C=O) groups is 1. The minimum atomic E-state index is -0.139. The number of hydrogen-bond donors (Lipinski definition) is 2. The van der Waals surface area contributed by atoms with E-state index >= 15 is 0 Å². The second-order valence-corrected chi connectivity index (χ2v) is 5.41. The van der Waals surface area contributed by atoms with Gasteiger partial charge in [-0.15, -0.1) is 0 Å². The monoisotopic (exact) mass is 382 g/mol. The molecule has 2 aromatic rings. The predicted octanol–water partition coefficient (Wildman–Crippen LogP) is 3.42. The van der Waals surface area contributed by atoms with Crippen LogP contribution in [0, 0.1) is 3.57 Å². The highest BCUT2D eigenvalue weighted by Gasteiger charge is 2.09. The molecular formula is C15H15IN2O2. The number of rotatable bonds is 4. The summed E-state index contributed by atoms with van der Waals surface area (Å²) in [7, 11) is 0. The highest BCUT2D eigenvalue weighted by Crippen LogP contribution is 2.28. The van der Waals surface area contributed by atoms with Crippen LogP contribution in [0.1, 0.15) is 17.3 Å². The van der Waals surface area contributed by atoms with E-state index in [-0.39, 0.29) is 5.91 Å². The molecule has 0 fully saturated rings. The van der Waals surface area contributed by atoms with E-state index in [0.717, 1.165) is 3.57 Å². The highest BCUT2D eigenvalue weighted by molar-refractivity contribution is 14.1. The number of nitrogens with one attached hydrogen (secondary N) is 1. The molecule has 0 aliphatic heterocycles. The van der Waals surface area contributed by atoms with E-state index in [4.69, 9.17) is 10.5 Å². The first-order chi connectivity index (χ1) is 9.60. The maximum atomic E-state index is 11.8. The molecule has 2 rings (SSSR count). The number of nitrogen functional groups attached to an aromatic ring is 1. The van der Waals surface area contributed by atoms with E-state index < -0.39 is 0 Å². The molecule has 0 aliphatic carbocycles. The molecular weight excluding hydrogens is 367 g/mol. The molecule has 5 heteroatoms. The summed E-state index contributed by atoms with van der Waals surface area (Å²) in [5.41, 5.74) is 6.91. The fourth-order valence-corrected chi connectivity index (χ4v) is 2.02. The van der Waals surface area contributed by atoms with Gasteiger partial charge in [0.1, 0.15) is 5.75 Å². The van der Waals surface area contributed by atoms with Crippen molar-refractivity contribution in [2.45, 2.75) is 6.92 Å². The van der Waals surface area contributed by atoms with Gasteiger partial charge >= 0.3 is 0 Å². The Balaban J connectivity index is 2.24. The normalized spacial score (nSPS) is 10.1. The molecule has 0 atom stereocenters. The lowest BCUT2D eigenvalue weighted by Crippen LogP contribution is -2.22. The third-order valence-electron chi connectivity index (χ3n) is 2.65. The fourth-order valence-electron chi connectivity index (χ4n) is 1.66. The Morgan fingerprint density at radius 2 is 1.95 bits per heavy atom. The molecule has 2 aromatic carbocycles. The summed E-state index contributed by atoms with van der Waals surface area (Å²) in [5, 5.41) is 2.74. The molecule has 0 unspecified atom stereocenters. The van der Waals surface area contributed by atoms with E-state index in [2.05, 4.69) is 27.9 Å². The van der Waals surface area contributed by atoms with Crippen molar-refractivity contribution in [2.75, 3.05) is 12.3 Å². The first kappa shape index (κ1) is 14.6. The van der Waals surface area contributed by atoms with Crippen LogP contribution in [-0.2, 0) is 0 Å². The zero-order valence-electron chi connectivity index (χ0n) is 11.0. The van der Waals surface area contributed by atoms with Crippen molar-refractivity contribution in [1.82, 2.24) is 5.32 Å². The standard InChI is InChI=1S/C15H15IN2O2/c1-2-18-15(19)10-3-8-13(17)14(9-10)20-12-6-4-11(16)5-7-12/h3-9H,2,17H2,1H3,(H,18,19). The van der Waals surface area contributed by atoms with Gasteiger partial charge in [0.05, 0.1) is 5.69 Å². The SMILES string of the molecule is CCNC(=O)c1ccc(N)c(Oc2ccc(I)cc2)c1. The highest BCUT2D eigenvalue weighted by atomic mass is 127. The average Bonchev–Trinajstić information content (AvgIpc) is 2.44. The molecule has 0 radical (unpaired) electrons. The third-order valence-corrected chi connectivity index (χ3v) is 3.37. The molecule has 0 aliphatic rings. The third kappa shape index (κ3) is 3.63. The minimum absolute atomic E-state index is 0.139. The van der Waals surface area contributed by atoms with Crippen molar-refractivity contribution in [1.29, 1.82) is 0 Å². The second-order valence-electron chi connectivity index (χ2n) is 4.17. The molecule has 0 saturated heterocycles. The number of nitrogens with two attached hydrogens (primary N) is 1. The van der Waals surface area contributed by atoms with Gasteiger partial charge < -0.3 is 15.8 Å². The van der Waals surface area contributed by atoms with Gasteiger partial charge in [-0.3, -0.25) is 4.79 Å². The summed E-state index contributed by atoms with van der Waals surface area (Å²) in [4.78, 5) is 11.8. The number of ether oxygens (including phenoxy) is 1. The Bertz CT molecular complexity index is 612. The van der Waals surface area contributed by atoms with Gasteiger partial charge in [0.15, 0.2) is 5.75 Å². The summed E-state index contributed by atoms with van der Waals surface area (Å²) in [6.07, 6.45) is 0. The van der Waals surface area contributed by atoms with Crippen molar-refractivity contribution < 1.29 is 9.53 Å². The smallest absolute Gasteiger partial charge is 0.251 e. The predicted molar refractivity (Wildman–Crippen MR) is 88.1 cm³/mol. The molecule has 1 amide bonds. The Labute approximate surface area is 131 Å². The van der Waals surface area contributed by atoms with Gasteiger partial charge in [-0.25, -0.2) is 0 Å². The molecule has 0 aromatic heterocycles. The van der Waals surface area contributed by atoms with Crippen LogP contribution < -0.4 is 15.8 Å². The number of benzene rings is 2. The van der Waals surface area contributed by atoms with Crippen LogP contribution >= 0.6 is 22.6 Å². The van der Waals surface area contributed by atoms with E-state index in [1.807, 2.05) is 31.2 Å². The first-order valence-corrected chi connectivity index (χ1v) is 7.29. The quantitative estimate of drug-likeness (QED) is 0.629. The molecule has 20 heavy (non-hydrogen) atoms. The molecule has 104 valence electrons. The lowest BCUT2D eigenvalue weighted by molar-refractivity contribution is 0.0955. The Hall–Kier alpha value is -1.76. The van der Waals surface area contributed by atoms with Crippen LogP contribution in [0.2, 0.25) is 0 Å². The zero-order chi connectivity index (χ0) is 14.5. The molecule has 0 bridgehead atoms. The maximum Gasteiger partial charge on any atom is 0.251 e. The Morgan fingerprint density at radius 1 is 1.25 bits per heavy atom. The first-order valence-electron chi connectivity index (χ1n) is 6.21. The van der Waals surface area contributed by atoms with Crippen molar-refractivity contribution in [2.24, 2.45) is 0 Å².